The van der Waals surface area contributed by atoms with E-state index >= 15 is 0 Å². The predicted molar refractivity (Wildman–Crippen MR) is 76.0 cm³/mol. The van der Waals surface area contributed by atoms with Crippen molar-refractivity contribution in [3.05, 3.63) is 0 Å². The number of aliphatic carboxylic acids is 1. The van der Waals surface area contributed by atoms with Crippen molar-refractivity contribution >= 4 is 5.97 Å². The lowest BCUT2D eigenvalue weighted by molar-refractivity contribution is -0.142. The number of hydrogen-bond acceptors (Lipinski definition) is 3. The molecule has 1 aliphatic carbocycles. The summed E-state index contributed by atoms with van der Waals surface area (Å²) in [5.74, 6) is 0.956. The van der Waals surface area contributed by atoms with Crippen molar-refractivity contribution in [2.24, 2.45) is 17.6 Å². The Morgan fingerprint density at radius 1 is 1.32 bits per heavy atom. The second-order valence-electron chi connectivity index (χ2n) is 6.84. The van der Waals surface area contributed by atoms with E-state index < -0.39 is 11.5 Å². The van der Waals surface area contributed by atoms with Gasteiger partial charge in [0, 0.05) is 13.1 Å². The Morgan fingerprint density at radius 2 is 1.95 bits per heavy atom. The van der Waals surface area contributed by atoms with Gasteiger partial charge in [-0.1, -0.05) is 6.42 Å². The molecule has 3 atom stereocenters. The molecule has 0 aromatic rings. The molecule has 19 heavy (non-hydrogen) atoms. The number of hydrogen-bond donors (Lipinski definition) is 2. The van der Waals surface area contributed by atoms with E-state index in [-0.39, 0.29) is 0 Å². The van der Waals surface area contributed by atoms with E-state index in [4.69, 9.17) is 10.8 Å². The number of rotatable bonds is 6. The molecule has 4 nitrogen and oxygen atoms in total. The Labute approximate surface area is 116 Å². The van der Waals surface area contributed by atoms with Gasteiger partial charge in [0.05, 0.1) is 0 Å². The first kappa shape index (κ1) is 14.8. The van der Waals surface area contributed by atoms with Crippen molar-refractivity contribution in [3.63, 3.8) is 0 Å². The second kappa shape index (κ2) is 6.23. The molecule has 110 valence electrons. The molecule has 2 rings (SSSR count). The lowest BCUT2D eigenvalue weighted by Crippen LogP contribution is -2.45. The van der Waals surface area contributed by atoms with Gasteiger partial charge in [0.2, 0.25) is 0 Å². The first-order valence-electron chi connectivity index (χ1n) is 7.72. The summed E-state index contributed by atoms with van der Waals surface area (Å²) in [4.78, 5) is 13.5. The summed E-state index contributed by atoms with van der Waals surface area (Å²) in [7, 11) is 0. The Bertz CT molecular complexity index is 305. The number of likely N-dealkylation sites (tertiary alicyclic amines) is 1. The number of carboxylic acid groups (broad SMARTS) is 1. The number of nitrogens with two attached hydrogens (primary N) is 1. The summed E-state index contributed by atoms with van der Waals surface area (Å²) in [6.07, 6.45) is 8.23. The molecule has 1 heterocycles. The molecule has 1 aliphatic heterocycles. The van der Waals surface area contributed by atoms with Gasteiger partial charge in [-0.15, -0.1) is 0 Å². The fourth-order valence-electron chi connectivity index (χ4n) is 3.66. The maximum absolute atomic E-state index is 10.9. The first-order valence-corrected chi connectivity index (χ1v) is 7.72. The van der Waals surface area contributed by atoms with Crippen molar-refractivity contribution in [1.82, 2.24) is 4.90 Å². The fourth-order valence-corrected chi connectivity index (χ4v) is 3.66. The van der Waals surface area contributed by atoms with Gasteiger partial charge < -0.3 is 15.7 Å². The predicted octanol–water partition coefficient (Wildman–Crippen LogP) is 2.08. The minimum absolute atomic E-state index is 0.572. The van der Waals surface area contributed by atoms with E-state index in [1.165, 1.54) is 38.8 Å². The van der Waals surface area contributed by atoms with Gasteiger partial charge in [0.25, 0.3) is 0 Å². The average molecular weight is 268 g/mol. The number of carbonyl (C=O) groups is 1. The van der Waals surface area contributed by atoms with Crippen molar-refractivity contribution in [2.75, 3.05) is 19.6 Å². The standard InChI is InChI=1S/C15H28N2O2/c1-15(16,14(18)19)7-2-3-8-17-10-12-5-4-6-13(9-12)11-17/h12-13H,2-11,16H2,1H3,(H,18,19). The first-order chi connectivity index (χ1) is 8.97. The van der Waals surface area contributed by atoms with Crippen LogP contribution >= 0.6 is 0 Å². The molecule has 0 aromatic carbocycles. The maximum Gasteiger partial charge on any atom is 0.323 e. The van der Waals surface area contributed by atoms with Crippen molar-refractivity contribution in [1.29, 1.82) is 0 Å². The van der Waals surface area contributed by atoms with Gasteiger partial charge >= 0.3 is 5.97 Å². The van der Waals surface area contributed by atoms with Gasteiger partial charge in [-0.3, -0.25) is 4.79 Å². The van der Waals surface area contributed by atoms with Crippen LogP contribution in [-0.4, -0.2) is 41.1 Å². The minimum atomic E-state index is -1.06. The quantitative estimate of drug-likeness (QED) is 0.724. The maximum atomic E-state index is 10.9. The molecular weight excluding hydrogens is 240 g/mol. The third kappa shape index (κ3) is 4.18. The number of carboxylic acids is 1. The number of nitrogens with zero attached hydrogens (tertiary/aromatic N) is 1. The van der Waals surface area contributed by atoms with Crippen LogP contribution in [0.2, 0.25) is 0 Å². The van der Waals surface area contributed by atoms with E-state index in [0.29, 0.717) is 6.42 Å². The van der Waals surface area contributed by atoms with E-state index in [9.17, 15) is 4.79 Å². The topological polar surface area (TPSA) is 66.6 Å². The van der Waals surface area contributed by atoms with Gasteiger partial charge in [0.1, 0.15) is 5.54 Å². The molecule has 0 aromatic heterocycles. The molecule has 2 bridgehead atoms. The van der Waals surface area contributed by atoms with Gasteiger partial charge in [-0.25, -0.2) is 0 Å². The van der Waals surface area contributed by atoms with E-state index in [2.05, 4.69) is 4.90 Å². The van der Waals surface area contributed by atoms with Crippen molar-refractivity contribution in [2.45, 2.75) is 57.4 Å². The van der Waals surface area contributed by atoms with Crippen LogP contribution < -0.4 is 5.73 Å². The molecule has 4 heteroatoms. The minimum Gasteiger partial charge on any atom is -0.480 e. The van der Waals surface area contributed by atoms with Crippen LogP contribution in [0, 0.1) is 11.8 Å². The summed E-state index contributed by atoms with van der Waals surface area (Å²) in [6.45, 7) is 5.24. The van der Waals surface area contributed by atoms with Gasteiger partial charge in [0.15, 0.2) is 0 Å². The third-order valence-electron chi connectivity index (χ3n) is 4.83. The average Bonchev–Trinajstić information content (AvgIpc) is 2.34. The van der Waals surface area contributed by atoms with Crippen LogP contribution in [0.1, 0.15) is 51.9 Å². The molecule has 0 amide bonds. The number of piperidine rings is 1. The Morgan fingerprint density at radius 3 is 2.53 bits per heavy atom. The summed E-state index contributed by atoms with van der Waals surface area (Å²) in [5, 5.41) is 8.96. The highest BCUT2D eigenvalue weighted by Crippen LogP contribution is 2.34. The molecule has 0 spiro atoms. The molecule has 3 unspecified atom stereocenters. The van der Waals surface area contributed by atoms with Crippen LogP contribution in [0.15, 0.2) is 0 Å². The summed E-state index contributed by atoms with van der Waals surface area (Å²) in [5.41, 5.74) is 4.68. The zero-order chi connectivity index (χ0) is 13.9. The molecule has 2 fully saturated rings. The molecule has 3 N–H and O–H groups in total. The second-order valence-corrected chi connectivity index (χ2v) is 6.84. The molecular formula is C15H28N2O2. The van der Waals surface area contributed by atoms with Crippen LogP contribution in [-0.2, 0) is 4.79 Å². The lowest BCUT2D eigenvalue weighted by Gasteiger charge is -2.41. The zero-order valence-corrected chi connectivity index (χ0v) is 12.1. The Kier molecular flexibility index (Phi) is 4.85. The highest BCUT2D eigenvalue weighted by atomic mass is 16.4. The van der Waals surface area contributed by atoms with E-state index in [1.807, 2.05) is 0 Å². The van der Waals surface area contributed by atoms with Crippen LogP contribution in [0.4, 0.5) is 0 Å². The number of unbranched alkanes of at least 4 members (excludes halogenated alkanes) is 1. The highest BCUT2D eigenvalue weighted by molar-refractivity contribution is 5.77. The van der Waals surface area contributed by atoms with Gasteiger partial charge in [-0.05, 0) is 63.8 Å². The fraction of sp³-hybridized carbons (Fsp3) is 0.933. The Balaban J connectivity index is 1.65. The largest absolute Gasteiger partial charge is 0.480 e. The summed E-state index contributed by atoms with van der Waals surface area (Å²) < 4.78 is 0. The van der Waals surface area contributed by atoms with E-state index in [1.54, 1.807) is 6.92 Å². The molecule has 1 saturated carbocycles. The lowest BCUT2D eigenvalue weighted by atomic mass is 9.78. The zero-order valence-electron chi connectivity index (χ0n) is 12.1. The van der Waals surface area contributed by atoms with Crippen molar-refractivity contribution in [3.8, 4) is 0 Å². The summed E-state index contributed by atoms with van der Waals surface area (Å²) in [6, 6.07) is 0. The monoisotopic (exact) mass is 268 g/mol. The third-order valence-corrected chi connectivity index (χ3v) is 4.83. The Hall–Kier alpha value is -0.610. The molecule has 2 aliphatic rings. The van der Waals surface area contributed by atoms with Gasteiger partial charge in [-0.2, -0.15) is 0 Å². The van der Waals surface area contributed by atoms with Crippen LogP contribution in [0.3, 0.4) is 0 Å². The van der Waals surface area contributed by atoms with Crippen LogP contribution in [0.25, 0.3) is 0 Å². The molecule has 1 saturated heterocycles. The molecule has 0 radical (unpaired) electrons. The number of fused-ring (bicyclic) bond motifs is 2. The van der Waals surface area contributed by atoms with Crippen LogP contribution in [0.5, 0.6) is 0 Å². The highest BCUT2D eigenvalue weighted by Gasteiger charge is 2.30. The van der Waals surface area contributed by atoms with E-state index in [0.717, 1.165) is 31.2 Å². The normalized spacial score (nSPS) is 30.8. The van der Waals surface area contributed by atoms with Crippen molar-refractivity contribution < 1.29 is 9.90 Å². The summed E-state index contributed by atoms with van der Waals surface area (Å²) >= 11 is 0. The smallest absolute Gasteiger partial charge is 0.323 e. The SMILES string of the molecule is CC(N)(CCCCN1CC2CCCC(C2)C1)C(=O)O.